The summed E-state index contributed by atoms with van der Waals surface area (Å²) in [5.41, 5.74) is 0. The summed E-state index contributed by atoms with van der Waals surface area (Å²) in [4.78, 5) is 40.2. The molecule has 0 aromatic rings. The number of allylic oxidation sites excluding steroid dienone is 11. The lowest BCUT2D eigenvalue weighted by molar-refractivity contribution is -0.870. The standard InChI is InChI=1S/C73H135N2O7P/c1-7-10-13-16-19-22-25-28-30-32-34-36-37-39-40-42-44-47-50-53-56-59-62-65-72(76)74-70(69-81-83(78,79)80-68-67-75(4,5)6)71(64-61-58-55-52-49-46-27-24-21-18-15-12-9-3)82-73(77)66-63-60-57-54-51-48-45-43-41-38-35-33-31-29-26-23-20-17-14-11-8-2/h19-20,22-23,28-31,35,38,61,64,70-71H,7-18,21,24-27,32-34,36-37,39-60,62-63,65-69H2,1-6H3,(H-,74,76,78,79)/b22-19-,23-20-,30-28-,31-29-,38-35-,64-61+. The molecule has 1 amide bonds. The van der Waals surface area contributed by atoms with Gasteiger partial charge >= 0.3 is 5.97 Å². The number of esters is 1. The summed E-state index contributed by atoms with van der Waals surface area (Å²) >= 11 is 0. The van der Waals surface area contributed by atoms with Crippen LogP contribution in [-0.4, -0.2) is 69.4 Å². The normalized spacial score (nSPS) is 14.0. The van der Waals surface area contributed by atoms with Crippen LogP contribution in [0.4, 0.5) is 0 Å². The summed E-state index contributed by atoms with van der Waals surface area (Å²) in [6, 6.07) is -0.895. The molecule has 0 saturated carbocycles. The fraction of sp³-hybridized carbons (Fsp3) is 0.808. The lowest BCUT2D eigenvalue weighted by atomic mass is 10.0. The Morgan fingerprint density at radius 2 is 0.735 bits per heavy atom. The molecule has 0 aliphatic heterocycles. The van der Waals surface area contributed by atoms with E-state index in [0.717, 1.165) is 89.9 Å². The summed E-state index contributed by atoms with van der Waals surface area (Å²) in [5, 5.41) is 3.04. The van der Waals surface area contributed by atoms with Gasteiger partial charge in [-0.05, 0) is 102 Å². The second-order valence-electron chi connectivity index (χ2n) is 25.0. The van der Waals surface area contributed by atoms with Crippen molar-refractivity contribution >= 4 is 19.7 Å². The highest BCUT2D eigenvalue weighted by atomic mass is 31.2. The van der Waals surface area contributed by atoms with Gasteiger partial charge in [-0.25, -0.2) is 0 Å². The Kier molecular flexibility index (Phi) is 60.6. The number of nitrogens with zero attached hydrogens (tertiary/aromatic N) is 1. The Labute approximate surface area is 514 Å². The van der Waals surface area contributed by atoms with E-state index in [4.69, 9.17) is 13.8 Å². The number of hydrogen-bond donors (Lipinski definition) is 1. The van der Waals surface area contributed by atoms with Crippen molar-refractivity contribution in [1.82, 2.24) is 5.32 Å². The second kappa shape index (κ2) is 62.5. The van der Waals surface area contributed by atoms with Crippen molar-refractivity contribution in [2.24, 2.45) is 0 Å². The quantitative estimate of drug-likeness (QED) is 0.0212. The maximum absolute atomic E-state index is 13.6. The minimum absolute atomic E-state index is 0.0249. The first-order valence-electron chi connectivity index (χ1n) is 35.2. The Morgan fingerprint density at radius 1 is 0.422 bits per heavy atom. The van der Waals surface area contributed by atoms with Gasteiger partial charge in [0, 0.05) is 12.8 Å². The predicted octanol–water partition coefficient (Wildman–Crippen LogP) is 21.7. The van der Waals surface area contributed by atoms with Crippen LogP contribution in [-0.2, 0) is 27.9 Å². The average Bonchev–Trinajstić information content (AvgIpc) is 3.47. The zero-order valence-electron chi connectivity index (χ0n) is 55.4. The summed E-state index contributed by atoms with van der Waals surface area (Å²) in [5.74, 6) is -0.541. The van der Waals surface area contributed by atoms with E-state index in [-0.39, 0.29) is 24.9 Å². The zero-order chi connectivity index (χ0) is 60.7. The van der Waals surface area contributed by atoms with Crippen LogP contribution < -0.4 is 10.2 Å². The molecule has 0 bridgehead atoms. The number of carbonyl (C=O) groups is 2. The number of phosphoric ester groups is 1. The van der Waals surface area contributed by atoms with Crippen LogP contribution in [0.25, 0.3) is 0 Å². The molecule has 0 heterocycles. The number of unbranched alkanes of at least 4 members (excludes halogenated alkanes) is 38. The van der Waals surface area contributed by atoms with Gasteiger partial charge in [0.1, 0.15) is 19.3 Å². The SMILES string of the molecule is CCCCC/C=C\C/C=C\C/C=C\CCCCCCCCCCC(=O)OC(/C=C/CCCCCCCCCCCCC)C(COP(=O)([O-])OCC[N+](C)(C)C)NC(=O)CCCCCCCCCCCCCCC/C=C\C/C=C\CCCCC. The van der Waals surface area contributed by atoms with Crippen LogP contribution in [0.1, 0.15) is 329 Å². The van der Waals surface area contributed by atoms with Gasteiger partial charge < -0.3 is 28.5 Å². The Balaban J connectivity index is 5.14. The van der Waals surface area contributed by atoms with Crippen LogP contribution in [0.15, 0.2) is 72.9 Å². The Morgan fingerprint density at radius 3 is 1.12 bits per heavy atom. The maximum Gasteiger partial charge on any atom is 0.306 e. The molecule has 0 aliphatic carbocycles. The number of quaternary nitrogens is 1. The predicted molar refractivity (Wildman–Crippen MR) is 358 cm³/mol. The topological polar surface area (TPSA) is 114 Å². The van der Waals surface area contributed by atoms with Gasteiger partial charge in [-0.2, -0.15) is 0 Å². The molecule has 484 valence electrons. The largest absolute Gasteiger partial charge is 0.756 e. The van der Waals surface area contributed by atoms with Gasteiger partial charge in [0.2, 0.25) is 5.91 Å². The monoisotopic (exact) mass is 1180 g/mol. The van der Waals surface area contributed by atoms with Crippen molar-refractivity contribution in [3.63, 3.8) is 0 Å². The van der Waals surface area contributed by atoms with E-state index in [9.17, 15) is 19.0 Å². The first-order valence-corrected chi connectivity index (χ1v) is 36.7. The van der Waals surface area contributed by atoms with Crippen molar-refractivity contribution in [1.29, 1.82) is 0 Å². The van der Waals surface area contributed by atoms with Crippen LogP contribution in [0, 0.1) is 0 Å². The van der Waals surface area contributed by atoms with Crippen molar-refractivity contribution in [3.05, 3.63) is 72.9 Å². The van der Waals surface area contributed by atoms with E-state index in [1.54, 1.807) is 0 Å². The van der Waals surface area contributed by atoms with Crippen molar-refractivity contribution < 1.29 is 37.3 Å². The number of likely N-dealkylation sites (N-methyl/N-ethyl adjacent to an activating group) is 1. The van der Waals surface area contributed by atoms with Gasteiger partial charge in [-0.3, -0.25) is 14.2 Å². The molecule has 0 aromatic heterocycles. The molecule has 0 saturated heterocycles. The Bertz CT molecular complexity index is 1650. The van der Waals surface area contributed by atoms with Crippen molar-refractivity contribution in [3.8, 4) is 0 Å². The molecule has 0 aromatic carbocycles. The molecule has 0 rings (SSSR count). The summed E-state index contributed by atoms with van der Waals surface area (Å²) < 4.78 is 30.5. The molecule has 3 atom stereocenters. The maximum atomic E-state index is 13.6. The highest BCUT2D eigenvalue weighted by Gasteiger charge is 2.27. The first kappa shape index (κ1) is 80.5. The van der Waals surface area contributed by atoms with E-state index in [2.05, 4.69) is 86.8 Å². The fourth-order valence-corrected chi connectivity index (χ4v) is 10.9. The third-order valence-corrected chi connectivity index (χ3v) is 16.6. The minimum Gasteiger partial charge on any atom is -0.756 e. The number of rotatable bonds is 64. The number of carbonyl (C=O) groups excluding carboxylic acids is 2. The van der Waals surface area contributed by atoms with Gasteiger partial charge in [0.15, 0.2) is 0 Å². The van der Waals surface area contributed by atoms with Gasteiger partial charge in [0.05, 0.1) is 33.8 Å². The molecule has 0 aliphatic rings. The van der Waals surface area contributed by atoms with Crippen LogP contribution >= 0.6 is 7.82 Å². The molecule has 9 nitrogen and oxygen atoms in total. The third kappa shape index (κ3) is 63.8. The van der Waals surface area contributed by atoms with Gasteiger partial charge in [-0.1, -0.05) is 287 Å². The number of ether oxygens (including phenoxy) is 1. The fourth-order valence-electron chi connectivity index (χ4n) is 10.1. The smallest absolute Gasteiger partial charge is 0.306 e. The van der Waals surface area contributed by atoms with Crippen LogP contribution in [0.3, 0.4) is 0 Å². The summed E-state index contributed by atoms with van der Waals surface area (Å²) in [6.07, 6.45) is 81.5. The number of amides is 1. The molecular formula is C73H135N2O7P. The zero-order valence-corrected chi connectivity index (χ0v) is 56.3. The molecule has 0 fully saturated rings. The van der Waals surface area contributed by atoms with Crippen LogP contribution in [0.5, 0.6) is 0 Å². The molecule has 3 unspecified atom stereocenters. The molecule has 1 N–H and O–H groups in total. The van der Waals surface area contributed by atoms with E-state index >= 15 is 0 Å². The second-order valence-corrected chi connectivity index (χ2v) is 26.4. The van der Waals surface area contributed by atoms with E-state index < -0.39 is 26.6 Å². The minimum atomic E-state index is -4.71. The highest BCUT2D eigenvalue weighted by Crippen LogP contribution is 2.38. The molecule has 83 heavy (non-hydrogen) atoms. The van der Waals surface area contributed by atoms with Crippen LogP contribution in [0.2, 0.25) is 0 Å². The average molecular weight is 1180 g/mol. The summed E-state index contributed by atoms with van der Waals surface area (Å²) in [6.45, 7) is 6.82. The third-order valence-electron chi connectivity index (χ3n) is 15.6. The van der Waals surface area contributed by atoms with E-state index in [1.165, 1.54) is 205 Å². The molecule has 0 radical (unpaired) electrons. The Hall–Kier alpha value is -2.55. The highest BCUT2D eigenvalue weighted by molar-refractivity contribution is 7.45. The molecule has 0 spiro atoms. The number of nitrogens with one attached hydrogen (secondary N) is 1. The first-order chi connectivity index (χ1) is 40.4. The molecule has 10 heteroatoms. The van der Waals surface area contributed by atoms with E-state index in [1.807, 2.05) is 33.3 Å². The van der Waals surface area contributed by atoms with Crippen molar-refractivity contribution in [2.75, 3.05) is 40.9 Å². The van der Waals surface area contributed by atoms with E-state index in [0.29, 0.717) is 17.4 Å². The number of phosphoric acid groups is 1. The number of hydrogen-bond acceptors (Lipinski definition) is 7. The summed E-state index contributed by atoms with van der Waals surface area (Å²) in [7, 11) is 1.18. The van der Waals surface area contributed by atoms with Gasteiger partial charge in [0.25, 0.3) is 7.82 Å². The van der Waals surface area contributed by atoms with Crippen molar-refractivity contribution in [2.45, 2.75) is 341 Å². The lowest BCUT2D eigenvalue weighted by Gasteiger charge is -2.30. The van der Waals surface area contributed by atoms with Gasteiger partial charge in [-0.15, -0.1) is 0 Å². The molecular weight excluding hydrogens is 1050 g/mol. The lowest BCUT2D eigenvalue weighted by Crippen LogP contribution is -2.47.